The van der Waals surface area contributed by atoms with Gasteiger partial charge in [0.1, 0.15) is 17.6 Å². The van der Waals surface area contributed by atoms with Crippen molar-refractivity contribution in [2.45, 2.75) is 44.4 Å². The van der Waals surface area contributed by atoms with Crippen LogP contribution in [0.1, 0.15) is 25.3 Å². The summed E-state index contributed by atoms with van der Waals surface area (Å²) in [6.45, 7) is 2.87. The number of para-hydroxylation sites is 1. The molecule has 10 nitrogen and oxygen atoms in total. The maximum Gasteiger partial charge on any atom is 0.271 e. The summed E-state index contributed by atoms with van der Waals surface area (Å²) in [7, 11) is 3.14. The van der Waals surface area contributed by atoms with Gasteiger partial charge >= 0.3 is 0 Å². The van der Waals surface area contributed by atoms with Gasteiger partial charge in [0, 0.05) is 44.7 Å². The molecular weight excluding hydrogens is 527 g/mol. The molecule has 41 heavy (non-hydrogen) atoms. The summed E-state index contributed by atoms with van der Waals surface area (Å²) in [4.78, 5) is 42.9. The highest BCUT2D eigenvalue weighted by Gasteiger charge is 2.38. The van der Waals surface area contributed by atoms with Crippen LogP contribution in [0.4, 0.5) is 10.1 Å². The van der Waals surface area contributed by atoms with E-state index in [1.807, 2.05) is 30.3 Å². The lowest BCUT2D eigenvalue weighted by molar-refractivity contribution is -0.141. The zero-order valence-electron chi connectivity index (χ0n) is 23.9. The standard InChI is InChI=1S/C30H41FN6O4/c1-21(41-3)28(35-27(38)19-33-2)30(40)37-16-7-10-25(37)20-36(17-15-22-11-13-23(31)14-12-22)29(39)26(32)18-34-24-8-5-4-6-9-24/h4-6,8-9,11-14,18,21,25,28,33-34H,7,10,15-17,19-20,32H2,1-3H3,(H,35,38)/b26-18-. The number of nitrogens with zero attached hydrogens (tertiary/aromatic N) is 2. The average molecular weight is 569 g/mol. The maximum absolute atomic E-state index is 13.7. The molecule has 0 bridgehead atoms. The van der Waals surface area contributed by atoms with Crippen LogP contribution in [0.5, 0.6) is 0 Å². The Kier molecular flexibility index (Phi) is 12.1. The molecule has 222 valence electrons. The summed E-state index contributed by atoms with van der Waals surface area (Å²) < 4.78 is 18.8. The second kappa shape index (κ2) is 15.7. The van der Waals surface area contributed by atoms with E-state index in [1.165, 1.54) is 25.4 Å². The largest absolute Gasteiger partial charge is 0.393 e. The third-order valence-corrected chi connectivity index (χ3v) is 7.14. The first kappa shape index (κ1) is 31.6. The number of nitrogens with two attached hydrogens (primary N) is 1. The van der Waals surface area contributed by atoms with Gasteiger partial charge in [-0.05, 0) is 63.1 Å². The van der Waals surface area contributed by atoms with Crippen molar-refractivity contribution in [2.24, 2.45) is 5.73 Å². The maximum atomic E-state index is 13.7. The number of benzene rings is 2. The number of anilines is 1. The van der Waals surface area contributed by atoms with Crippen LogP contribution < -0.4 is 21.7 Å². The Hall–Kier alpha value is -3.96. The van der Waals surface area contributed by atoms with Crippen LogP contribution in [0.15, 0.2) is 66.5 Å². The Morgan fingerprint density at radius 1 is 1.17 bits per heavy atom. The second-order valence-electron chi connectivity index (χ2n) is 10.1. The fourth-order valence-corrected chi connectivity index (χ4v) is 4.78. The van der Waals surface area contributed by atoms with Gasteiger partial charge in [0.2, 0.25) is 11.8 Å². The SMILES string of the molecule is CNCC(=O)NC(C(=O)N1CCCC1CN(CCc1ccc(F)cc1)C(=O)/C(N)=C/Nc1ccccc1)C(C)OC. The summed E-state index contributed by atoms with van der Waals surface area (Å²) in [6, 6.07) is 14.3. The second-order valence-corrected chi connectivity index (χ2v) is 10.1. The van der Waals surface area contributed by atoms with Gasteiger partial charge in [0.05, 0.1) is 12.6 Å². The van der Waals surface area contributed by atoms with Gasteiger partial charge in [-0.25, -0.2) is 4.39 Å². The van der Waals surface area contributed by atoms with Gasteiger partial charge in [-0.1, -0.05) is 30.3 Å². The molecular formula is C30H41FN6O4. The third kappa shape index (κ3) is 9.29. The number of ether oxygens (including phenoxy) is 1. The Morgan fingerprint density at radius 2 is 1.88 bits per heavy atom. The van der Waals surface area contributed by atoms with Crippen molar-refractivity contribution in [2.75, 3.05) is 45.7 Å². The molecule has 0 aliphatic carbocycles. The number of amides is 3. The fourth-order valence-electron chi connectivity index (χ4n) is 4.78. The molecule has 1 aliphatic rings. The first-order chi connectivity index (χ1) is 19.7. The number of hydrogen-bond donors (Lipinski definition) is 4. The number of hydrogen-bond acceptors (Lipinski definition) is 7. The van der Waals surface area contributed by atoms with Crippen molar-refractivity contribution in [3.8, 4) is 0 Å². The molecule has 2 aromatic rings. The molecule has 0 radical (unpaired) electrons. The van der Waals surface area contributed by atoms with Gasteiger partial charge < -0.3 is 36.2 Å². The average Bonchev–Trinajstić information content (AvgIpc) is 3.45. The van der Waals surface area contributed by atoms with E-state index in [0.29, 0.717) is 25.9 Å². The van der Waals surface area contributed by atoms with Gasteiger partial charge in [0.25, 0.3) is 5.91 Å². The van der Waals surface area contributed by atoms with Gasteiger partial charge in [-0.15, -0.1) is 0 Å². The normalized spacial score (nSPS) is 16.6. The van der Waals surface area contributed by atoms with Crippen LogP contribution in [0.2, 0.25) is 0 Å². The molecule has 1 saturated heterocycles. The Bertz CT molecular complexity index is 1180. The molecule has 0 saturated carbocycles. The number of nitrogens with one attached hydrogen (secondary N) is 3. The molecule has 0 aromatic heterocycles. The molecule has 3 rings (SSSR count). The first-order valence-corrected chi connectivity index (χ1v) is 13.8. The van der Waals surface area contributed by atoms with Crippen LogP contribution in [0.3, 0.4) is 0 Å². The Labute approximate surface area is 241 Å². The van der Waals surface area contributed by atoms with Crippen molar-refractivity contribution < 1.29 is 23.5 Å². The quantitative estimate of drug-likeness (QED) is 0.256. The van der Waals surface area contributed by atoms with Crippen molar-refractivity contribution in [3.05, 3.63) is 77.9 Å². The van der Waals surface area contributed by atoms with E-state index in [4.69, 9.17) is 10.5 Å². The van der Waals surface area contributed by atoms with Crippen LogP contribution >= 0.6 is 0 Å². The number of methoxy groups -OCH3 is 1. The fraction of sp³-hybridized carbons (Fsp3) is 0.433. The van der Waals surface area contributed by atoms with Gasteiger partial charge in [0.15, 0.2) is 0 Å². The van der Waals surface area contributed by atoms with Gasteiger partial charge in [-0.2, -0.15) is 0 Å². The number of likely N-dealkylation sites (tertiary alicyclic amines) is 1. The van der Waals surface area contributed by atoms with E-state index in [2.05, 4.69) is 16.0 Å². The molecule has 1 aliphatic heterocycles. The van der Waals surface area contributed by atoms with Crippen LogP contribution in [-0.4, -0.2) is 86.0 Å². The Balaban J connectivity index is 1.79. The lowest BCUT2D eigenvalue weighted by Crippen LogP contribution is -2.57. The Morgan fingerprint density at radius 3 is 2.54 bits per heavy atom. The molecule has 3 unspecified atom stereocenters. The summed E-state index contributed by atoms with van der Waals surface area (Å²) in [5.41, 5.74) is 7.90. The number of carbonyl (C=O) groups excluding carboxylic acids is 3. The minimum Gasteiger partial charge on any atom is -0.393 e. The lowest BCUT2D eigenvalue weighted by Gasteiger charge is -2.34. The minimum atomic E-state index is -0.871. The van der Waals surface area contributed by atoms with Crippen molar-refractivity contribution in [3.63, 3.8) is 0 Å². The zero-order valence-corrected chi connectivity index (χ0v) is 23.9. The highest BCUT2D eigenvalue weighted by atomic mass is 19.1. The van der Waals surface area contributed by atoms with Crippen LogP contribution in [-0.2, 0) is 25.5 Å². The molecule has 3 amide bonds. The van der Waals surface area contributed by atoms with Crippen LogP contribution in [0, 0.1) is 5.82 Å². The minimum absolute atomic E-state index is 0.0223. The number of carbonyl (C=O) groups is 3. The summed E-state index contributed by atoms with van der Waals surface area (Å²) in [5.74, 6) is -1.28. The van der Waals surface area contributed by atoms with Crippen molar-refractivity contribution in [1.82, 2.24) is 20.4 Å². The van der Waals surface area contributed by atoms with E-state index < -0.39 is 12.1 Å². The van der Waals surface area contributed by atoms with Gasteiger partial charge in [-0.3, -0.25) is 14.4 Å². The predicted octanol–water partition coefficient (Wildman–Crippen LogP) is 1.84. The third-order valence-electron chi connectivity index (χ3n) is 7.14. The summed E-state index contributed by atoms with van der Waals surface area (Å²) in [6.07, 6.45) is 2.85. The van der Waals surface area contributed by atoms with Crippen molar-refractivity contribution >= 4 is 23.4 Å². The predicted molar refractivity (Wildman–Crippen MR) is 156 cm³/mol. The van der Waals surface area contributed by atoms with Crippen LogP contribution in [0.25, 0.3) is 0 Å². The first-order valence-electron chi connectivity index (χ1n) is 13.8. The van der Waals surface area contributed by atoms with Crippen molar-refractivity contribution in [1.29, 1.82) is 0 Å². The van der Waals surface area contributed by atoms with E-state index in [1.54, 1.807) is 35.9 Å². The molecule has 2 aromatic carbocycles. The molecule has 3 atom stereocenters. The number of halogens is 1. The molecule has 5 N–H and O–H groups in total. The highest BCUT2D eigenvalue weighted by Crippen LogP contribution is 2.22. The topological polar surface area (TPSA) is 129 Å². The van der Waals surface area contributed by atoms with E-state index in [0.717, 1.165) is 17.7 Å². The molecule has 1 heterocycles. The van der Waals surface area contributed by atoms with E-state index in [-0.39, 0.29) is 48.4 Å². The number of rotatable bonds is 14. The zero-order chi connectivity index (χ0) is 29.8. The van der Waals surface area contributed by atoms with E-state index in [9.17, 15) is 18.8 Å². The molecule has 0 spiro atoms. The highest BCUT2D eigenvalue weighted by molar-refractivity contribution is 5.93. The number of likely N-dealkylation sites (N-methyl/N-ethyl adjacent to an activating group) is 1. The smallest absolute Gasteiger partial charge is 0.271 e. The molecule has 1 fully saturated rings. The van der Waals surface area contributed by atoms with E-state index >= 15 is 0 Å². The monoisotopic (exact) mass is 568 g/mol. The lowest BCUT2D eigenvalue weighted by atomic mass is 10.1. The summed E-state index contributed by atoms with van der Waals surface area (Å²) in [5, 5.41) is 8.60. The summed E-state index contributed by atoms with van der Waals surface area (Å²) >= 11 is 0. The molecule has 11 heteroatoms.